The molecule has 182 valence electrons. The third kappa shape index (κ3) is 4.75. The molecule has 36 heavy (non-hydrogen) atoms. The van der Waals surface area contributed by atoms with Crippen molar-refractivity contribution < 1.29 is 4.79 Å². The summed E-state index contributed by atoms with van der Waals surface area (Å²) in [6.45, 7) is 4.25. The van der Waals surface area contributed by atoms with Crippen molar-refractivity contribution in [3.05, 3.63) is 124 Å². The van der Waals surface area contributed by atoms with Crippen molar-refractivity contribution in [3.63, 3.8) is 0 Å². The number of amides is 1. The summed E-state index contributed by atoms with van der Waals surface area (Å²) in [6, 6.07) is 27.0. The number of carbonyl (C=O) groups is 1. The summed E-state index contributed by atoms with van der Waals surface area (Å²) in [6.07, 6.45) is 6.05. The number of aromatic nitrogens is 1. The van der Waals surface area contributed by atoms with E-state index in [1.807, 2.05) is 84.9 Å². The van der Waals surface area contributed by atoms with Crippen molar-refractivity contribution >= 4 is 16.7 Å². The second-order valence-electron chi connectivity index (χ2n) is 9.18. The number of para-hydroxylation sites is 1. The van der Waals surface area contributed by atoms with E-state index in [0.717, 1.165) is 42.9 Å². The third-order valence-corrected chi connectivity index (χ3v) is 6.86. The lowest BCUT2D eigenvalue weighted by Crippen LogP contribution is -2.36. The van der Waals surface area contributed by atoms with Crippen LogP contribution in [0.25, 0.3) is 16.5 Å². The fraction of sp³-hybridized carbons (Fsp3) is 0.226. The molecule has 0 bridgehead atoms. The number of hydrogen-bond acceptors (Lipinski definition) is 3. The van der Waals surface area contributed by atoms with Crippen molar-refractivity contribution in [3.8, 4) is 5.69 Å². The third-order valence-electron chi connectivity index (χ3n) is 6.86. The monoisotopic (exact) mass is 477 g/mol. The van der Waals surface area contributed by atoms with Gasteiger partial charge in [-0.15, -0.1) is 0 Å². The Kier molecular flexibility index (Phi) is 7.10. The van der Waals surface area contributed by atoms with Crippen molar-refractivity contribution in [2.45, 2.75) is 32.4 Å². The first-order valence-corrected chi connectivity index (χ1v) is 12.6. The van der Waals surface area contributed by atoms with Gasteiger partial charge in [0.25, 0.3) is 11.5 Å². The molecule has 0 unspecified atom stereocenters. The van der Waals surface area contributed by atoms with Gasteiger partial charge in [-0.25, -0.2) is 0 Å². The van der Waals surface area contributed by atoms with Crippen LogP contribution in [-0.2, 0) is 6.54 Å². The number of fused-ring (bicyclic) bond motifs is 1. The molecule has 5 nitrogen and oxygen atoms in total. The summed E-state index contributed by atoms with van der Waals surface area (Å²) in [5.41, 5.74) is 3.02. The largest absolute Gasteiger partial charge is 0.345 e. The molecule has 0 saturated carbocycles. The van der Waals surface area contributed by atoms with Gasteiger partial charge in [0.05, 0.1) is 17.3 Å². The predicted molar refractivity (Wildman–Crippen MR) is 146 cm³/mol. The number of hydrogen-bond donors (Lipinski definition) is 1. The average Bonchev–Trinajstić information content (AvgIpc) is 2.93. The Morgan fingerprint density at radius 1 is 0.889 bits per heavy atom. The number of carbonyl (C=O) groups excluding carboxylic acids is 1. The first-order valence-electron chi connectivity index (χ1n) is 12.6. The Labute approximate surface area is 211 Å². The second-order valence-corrected chi connectivity index (χ2v) is 9.18. The zero-order chi connectivity index (χ0) is 24.9. The van der Waals surface area contributed by atoms with Gasteiger partial charge in [-0.05, 0) is 36.6 Å². The Morgan fingerprint density at radius 3 is 2.22 bits per heavy atom. The van der Waals surface area contributed by atoms with E-state index in [2.05, 4.69) is 29.3 Å². The van der Waals surface area contributed by atoms with Gasteiger partial charge in [-0.2, -0.15) is 0 Å². The Morgan fingerprint density at radius 2 is 1.56 bits per heavy atom. The van der Waals surface area contributed by atoms with E-state index in [0.29, 0.717) is 22.9 Å². The van der Waals surface area contributed by atoms with Gasteiger partial charge in [0.1, 0.15) is 0 Å². The predicted octanol–water partition coefficient (Wildman–Crippen LogP) is 5.63. The molecular weight excluding hydrogens is 446 g/mol. The molecule has 4 aromatic rings. The molecule has 1 amide bonds. The van der Waals surface area contributed by atoms with Gasteiger partial charge < -0.3 is 5.32 Å². The van der Waals surface area contributed by atoms with E-state index >= 15 is 0 Å². The molecule has 0 saturated heterocycles. The quantitative estimate of drug-likeness (QED) is 0.351. The zero-order valence-electron chi connectivity index (χ0n) is 20.6. The Bertz CT molecular complexity index is 1440. The number of pyridine rings is 1. The van der Waals surface area contributed by atoms with E-state index in [4.69, 9.17) is 0 Å². The normalized spacial score (nSPS) is 14.6. The van der Waals surface area contributed by atoms with Gasteiger partial charge in [0.2, 0.25) is 0 Å². The highest BCUT2D eigenvalue weighted by atomic mass is 16.2. The van der Waals surface area contributed by atoms with E-state index in [9.17, 15) is 9.59 Å². The summed E-state index contributed by atoms with van der Waals surface area (Å²) >= 11 is 0. The molecule has 5 rings (SSSR count). The smallest absolute Gasteiger partial charge is 0.263 e. The Balaban J connectivity index is 1.71. The van der Waals surface area contributed by atoms with Crippen LogP contribution in [0.3, 0.4) is 0 Å². The summed E-state index contributed by atoms with van der Waals surface area (Å²) in [4.78, 5) is 30.3. The number of nitrogens with one attached hydrogen (secondary N) is 1. The van der Waals surface area contributed by atoms with E-state index in [-0.39, 0.29) is 17.5 Å². The first-order chi connectivity index (χ1) is 17.7. The standard InChI is InChI=1S/C31H31N3O2/c1-2-27(23-14-6-3-7-15-23)32-30(35)29-25-18-10-11-19-26(25)31(36)34(24-16-8-4-9-17-24)28(29)22-33-20-12-5-13-21-33/h3-12,14-19,27H,2,13,20-22H2,1H3,(H,32,35)/t27-/m0/s1. The summed E-state index contributed by atoms with van der Waals surface area (Å²) in [7, 11) is 0. The van der Waals surface area contributed by atoms with Crippen LogP contribution < -0.4 is 10.9 Å². The molecule has 0 fully saturated rings. The minimum atomic E-state index is -0.158. The van der Waals surface area contributed by atoms with Crippen LogP contribution in [0.1, 0.15) is 47.4 Å². The van der Waals surface area contributed by atoms with Crippen molar-refractivity contribution in [1.29, 1.82) is 0 Å². The van der Waals surface area contributed by atoms with Crippen LogP contribution in [0, 0.1) is 0 Å². The lowest BCUT2D eigenvalue weighted by molar-refractivity contribution is 0.0934. The minimum Gasteiger partial charge on any atom is -0.345 e. The summed E-state index contributed by atoms with van der Waals surface area (Å²) in [5.74, 6) is -0.158. The van der Waals surface area contributed by atoms with Gasteiger partial charge in [-0.3, -0.25) is 19.1 Å². The SMILES string of the molecule is CC[C@H](NC(=O)c1c(CN2CC=CCC2)n(-c2ccccc2)c(=O)c2ccccc12)c1ccccc1. The first kappa shape index (κ1) is 23.8. The van der Waals surface area contributed by atoms with E-state index in [1.165, 1.54) is 0 Å². The van der Waals surface area contributed by atoms with Crippen LogP contribution in [0.5, 0.6) is 0 Å². The fourth-order valence-corrected chi connectivity index (χ4v) is 5.03. The second kappa shape index (κ2) is 10.8. The lowest BCUT2D eigenvalue weighted by atomic mass is 9.99. The molecule has 2 heterocycles. The molecule has 1 aliphatic heterocycles. The highest BCUT2D eigenvalue weighted by Crippen LogP contribution is 2.26. The van der Waals surface area contributed by atoms with Crippen LogP contribution in [-0.4, -0.2) is 28.5 Å². The number of rotatable bonds is 7. The maximum Gasteiger partial charge on any atom is 0.263 e. The zero-order valence-corrected chi connectivity index (χ0v) is 20.6. The molecule has 1 atom stereocenters. The minimum absolute atomic E-state index is 0.106. The number of benzene rings is 3. The van der Waals surface area contributed by atoms with Crippen LogP contribution >= 0.6 is 0 Å². The highest BCUT2D eigenvalue weighted by Gasteiger charge is 2.26. The summed E-state index contributed by atoms with van der Waals surface area (Å²) < 4.78 is 1.74. The number of nitrogens with zero attached hydrogens (tertiary/aromatic N) is 2. The highest BCUT2D eigenvalue weighted by molar-refractivity contribution is 6.08. The van der Waals surface area contributed by atoms with Gasteiger partial charge in [0.15, 0.2) is 0 Å². The lowest BCUT2D eigenvalue weighted by Gasteiger charge is -2.27. The molecule has 0 aliphatic carbocycles. The van der Waals surface area contributed by atoms with Crippen molar-refractivity contribution in [2.75, 3.05) is 13.1 Å². The average molecular weight is 478 g/mol. The molecule has 1 N–H and O–H groups in total. The van der Waals surface area contributed by atoms with Crippen molar-refractivity contribution in [1.82, 2.24) is 14.8 Å². The molecule has 0 spiro atoms. The topological polar surface area (TPSA) is 54.3 Å². The molecule has 5 heteroatoms. The van der Waals surface area contributed by atoms with Gasteiger partial charge in [-0.1, -0.05) is 85.8 Å². The summed E-state index contributed by atoms with van der Waals surface area (Å²) in [5, 5.41) is 4.52. The van der Waals surface area contributed by atoms with E-state index in [1.54, 1.807) is 4.57 Å². The van der Waals surface area contributed by atoms with Crippen molar-refractivity contribution in [2.24, 2.45) is 0 Å². The Hall–Kier alpha value is -3.96. The maximum atomic E-state index is 14.1. The fourth-order valence-electron chi connectivity index (χ4n) is 5.03. The van der Waals surface area contributed by atoms with Crippen LogP contribution in [0.15, 0.2) is 102 Å². The molecule has 3 aromatic carbocycles. The maximum absolute atomic E-state index is 14.1. The van der Waals surface area contributed by atoms with Gasteiger partial charge in [0, 0.05) is 36.1 Å². The molecule has 1 aliphatic rings. The van der Waals surface area contributed by atoms with Gasteiger partial charge >= 0.3 is 0 Å². The van der Waals surface area contributed by atoms with E-state index < -0.39 is 0 Å². The van der Waals surface area contributed by atoms with Crippen LogP contribution in [0.2, 0.25) is 0 Å². The van der Waals surface area contributed by atoms with Crippen LogP contribution in [0.4, 0.5) is 0 Å². The molecule has 1 aromatic heterocycles. The molecule has 0 radical (unpaired) electrons. The molecular formula is C31H31N3O2.